The van der Waals surface area contributed by atoms with Crippen molar-refractivity contribution in [3.8, 4) is 5.75 Å². The van der Waals surface area contributed by atoms with Gasteiger partial charge in [-0.3, -0.25) is 0 Å². The van der Waals surface area contributed by atoms with Gasteiger partial charge in [-0.2, -0.15) is 0 Å². The van der Waals surface area contributed by atoms with Crippen LogP contribution in [-0.2, 0) is 0 Å². The number of nitrogens with one attached hydrogen (secondary N) is 1. The molecule has 1 aromatic rings. The summed E-state index contributed by atoms with van der Waals surface area (Å²) >= 11 is 0. The lowest BCUT2D eigenvalue weighted by atomic mass is 9.69. The van der Waals surface area contributed by atoms with E-state index >= 15 is 0 Å². The van der Waals surface area contributed by atoms with Crippen molar-refractivity contribution in [2.24, 2.45) is 5.41 Å². The van der Waals surface area contributed by atoms with Crippen LogP contribution in [0.2, 0.25) is 0 Å². The highest BCUT2D eigenvalue weighted by molar-refractivity contribution is 5.63. The summed E-state index contributed by atoms with van der Waals surface area (Å²) in [5.41, 5.74) is 4.92. The number of benzene rings is 1. The van der Waals surface area contributed by atoms with Crippen molar-refractivity contribution >= 4 is 5.69 Å². The number of ether oxygens (including phenoxy) is 1. The maximum absolute atomic E-state index is 9.53. The predicted octanol–water partition coefficient (Wildman–Crippen LogP) is 3.19. The quantitative estimate of drug-likeness (QED) is 0.857. The third-order valence-corrected chi connectivity index (χ3v) is 4.66. The van der Waals surface area contributed by atoms with Crippen molar-refractivity contribution in [3.63, 3.8) is 0 Å². The maximum atomic E-state index is 9.53. The first-order chi connectivity index (χ1) is 9.03. The van der Waals surface area contributed by atoms with Gasteiger partial charge in [0.1, 0.15) is 5.75 Å². The van der Waals surface area contributed by atoms with E-state index in [0.29, 0.717) is 0 Å². The summed E-state index contributed by atoms with van der Waals surface area (Å²) in [6.07, 6.45) is 3.50. The Balaban J connectivity index is 2.18. The highest BCUT2D eigenvalue weighted by Crippen LogP contribution is 2.41. The minimum absolute atomic E-state index is 0.104. The summed E-state index contributed by atoms with van der Waals surface area (Å²) < 4.78 is 5.39. The Labute approximate surface area is 116 Å². The first kappa shape index (κ1) is 14.2. The van der Waals surface area contributed by atoms with Gasteiger partial charge in [0.15, 0.2) is 0 Å². The van der Waals surface area contributed by atoms with Crippen molar-refractivity contribution in [3.05, 3.63) is 22.8 Å². The second kappa shape index (κ2) is 5.41. The molecule has 0 aromatic heterocycles. The lowest BCUT2D eigenvalue weighted by Gasteiger charge is -2.41. The molecule has 2 N–H and O–H groups in total. The Morgan fingerprint density at radius 3 is 2.42 bits per heavy atom. The molecule has 1 aromatic carbocycles. The van der Waals surface area contributed by atoms with E-state index in [0.717, 1.165) is 25.1 Å². The topological polar surface area (TPSA) is 41.5 Å². The van der Waals surface area contributed by atoms with Gasteiger partial charge in [0, 0.05) is 17.6 Å². The summed E-state index contributed by atoms with van der Waals surface area (Å²) in [4.78, 5) is 0. The number of aryl methyl sites for hydroxylation is 1. The summed E-state index contributed by atoms with van der Waals surface area (Å²) in [5, 5.41) is 13.1. The Hall–Kier alpha value is -1.22. The second-order valence-corrected chi connectivity index (χ2v) is 5.89. The van der Waals surface area contributed by atoms with Crippen molar-refractivity contribution in [2.75, 3.05) is 25.6 Å². The van der Waals surface area contributed by atoms with Gasteiger partial charge in [-0.25, -0.2) is 0 Å². The lowest BCUT2D eigenvalue weighted by molar-refractivity contribution is 0.0576. The number of hydrogen-bond donors (Lipinski definition) is 2. The van der Waals surface area contributed by atoms with E-state index in [1.807, 2.05) is 0 Å². The molecule has 2 rings (SSSR count). The minimum atomic E-state index is 0.104. The summed E-state index contributed by atoms with van der Waals surface area (Å²) in [6.45, 7) is 7.46. The number of rotatable bonds is 5. The zero-order valence-corrected chi connectivity index (χ0v) is 12.5. The zero-order chi connectivity index (χ0) is 14.0. The first-order valence-electron chi connectivity index (χ1n) is 7.02. The summed E-state index contributed by atoms with van der Waals surface area (Å²) in [6, 6.07) is 2.08. The molecular weight excluding hydrogens is 238 g/mol. The van der Waals surface area contributed by atoms with Crippen LogP contribution >= 0.6 is 0 Å². The van der Waals surface area contributed by atoms with Crippen molar-refractivity contribution in [1.29, 1.82) is 0 Å². The van der Waals surface area contributed by atoms with Crippen LogP contribution in [0, 0.1) is 26.2 Å². The largest absolute Gasteiger partial charge is 0.496 e. The molecule has 0 unspecified atom stereocenters. The van der Waals surface area contributed by atoms with Crippen molar-refractivity contribution in [1.82, 2.24) is 0 Å². The molecule has 3 heteroatoms. The van der Waals surface area contributed by atoms with Gasteiger partial charge in [-0.05, 0) is 56.4 Å². The predicted molar refractivity (Wildman–Crippen MR) is 79.1 cm³/mol. The standard InChI is InChI=1S/C16H25NO2/c1-11-8-14(19-4)12(2)13(3)15(11)17-9-16(10-18)6-5-7-16/h8,17-18H,5-7,9-10H2,1-4H3. The van der Waals surface area contributed by atoms with E-state index in [9.17, 15) is 5.11 Å². The molecule has 1 fully saturated rings. The molecule has 0 amide bonds. The average molecular weight is 263 g/mol. The molecule has 1 saturated carbocycles. The van der Waals surface area contributed by atoms with Crippen LogP contribution in [0.25, 0.3) is 0 Å². The van der Waals surface area contributed by atoms with E-state index in [1.54, 1.807) is 7.11 Å². The molecule has 0 spiro atoms. The summed E-state index contributed by atoms with van der Waals surface area (Å²) in [7, 11) is 1.71. The molecule has 0 atom stereocenters. The van der Waals surface area contributed by atoms with Crippen LogP contribution < -0.4 is 10.1 Å². The first-order valence-corrected chi connectivity index (χ1v) is 7.02. The summed E-state index contributed by atoms with van der Waals surface area (Å²) in [5.74, 6) is 0.945. The van der Waals surface area contributed by atoms with Crippen LogP contribution in [0.4, 0.5) is 5.69 Å². The van der Waals surface area contributed by atoms with Crippen LogP contribution in [0.5, 0.6) is 5.75 Å². The molecule has 0 heterocycles. The van der Waals surface area contributed by atoms with Crippen molar-refractivity contribution in [2.45, 2.75) is 40.0 Å². The SMILES string of the molecule is COc1cc(C)c(NCC2(CO)CCC2)c(C)c1C. The van der Waals surface area contributed by atoms with Crippen LogP contribution in [-0.4, -0.2) is 25.4 Å². The number of anilines is 1. The van der Waals surface area contributed by atoms with Crippen molar-refractivity contribution < 1.29 is 9.84 Å². The van der Waals surface area contributed by atoms with Gasteiger partial charge in [0.25, 0.3) is 0 Å². The minimum Gasteiger partial charge on any atom is -0.496 e. The van der Waals surface area contributed by atoms with Crippen LogP contribution in [0.3, 0.4) is 0 Å². The number of hydrogen-bond acceptors (Lipinski definition) is 3. The molecule has 1 aliphatic rings. The molecule has 0 saturated heterocycles. The smallest absolute Gasteiger partial charge is 0.122 e. The van der Waals surface area contributed by atoms with E-state index in [4.69, 9.17) is 4.74 Å². The Morgan fingerprint density at radius 1 is 1.26 bits per heavy atom. The lowest BCUT2D eigenvalue weighted by Crippen LogP contribution is -2.40. The Kier molecular flexibility index (Phi) is 4.04. The molecule has 19 heavy (non-hydrogen) atoms. The Morgan fingerprint density at radius 2 is 1.95 bits per heavy atom. The fraction of sp³-hybridized carbons (Fsp3) is 0.625. The molecule has 1 aliphatic carbocycles. The van der Waals surface area contributed by atoms with E-state index in [2.05, 4.69) is 32.2 Å². The number of methoxy groups -OCH3 is 1. The fourth-order valence-corrected chi connectivity index (χ4v) is 2.87. The van der Waals surface area contributed by atoms with Gasteiger partial charge in [-0.15, -0.1) is 0 Å². The highest BCUT2D eigenvalue weighted by Gasteiger charge is 2.36. The third kappa shape index (κ3) is 2.57. The Bertz CT molecular complexity index is 459. The van der Waals surface area contributed by atoms with Gasteiger partial charge in [0.2, 0.25) is 0 Å². The monoisotopic (exact) mass is 263 g/mol. The molecule has 3 nitrogen and oxygen atoms in total. The van der Waals surface area contributed by atoms with Crippen LogP contribution in [0.15, 0.2) is 6.07 Å². The maximum Gasteiger partial charge on any atom is 0.122 e. The van der Waals surface area contributed by atoms with Gasteiger partial charge >= 0.3 is 0 Å². The van der Waals surface area contributed by atoms with E-state index in [-0.39, 0.29) is 12.0 Å². The van der Waals surface area contributed by atoms with Gasteiger partial charge in [0.05, 0.1) is 13.7 Å². The molecule has 0 radical (unpaired) electrons. The zero-order valence-electron chi connectivity index (χ0n) is 12.5. The number of aliphatic hydroxyl groups excluding tert-OH is 1. The van der Waals surface area contributed by atoms with Crippen LogP contribution in [0.1, 0.15) is 36.0 Å². The van der Waals surface area contributed by atoms with E-state index < -0.39 is 0 Å². The third-order valence-electron chi connectivity index (χ3n) is 4.66. The molecular formula is C16H25NO2. The fourth-order valence-electron chi connectivity index (χ4n) is 2.87. The van der Waals surface area contributed by atoms with Gasteiger partial charge < -0.3 is 15.2 Å². The normalized spacial score (nSPS) is 16.9. The molecule has 0 bridgehead atoms. The number of aliphatic hydroxyl groups is 1. The highest BCUT2D eigenvalue weighted by atomic mass is 16.5. The molecule has 106 valence electrons. The van der Waals surface area contributed by atoms with Gasteiger partial charge in [-0.1, -0.05) is 6.42 Å². The van der Waals surface area contributed by atoms with E-state index in [1.165, 1.54) is 28.8 Å². The average Bonchev–Trinajstić information content (AvgIpc) is 2.36. The molecule has 0 aliphatic heterocycles. The second-order valence-electron chi connectivity index (χ2n) is 5.89.